The Balaban J connectivity index is 2.76. The summed E-state index contributed by atoms with van der Waals surface area (Å²) in [7, 11) is 3.11. The fraction of sp³-hybridized carbons (Fsp3) is 0.583. The number of carbonyl (C=O) groups is 2. The van der Waals surface area contributed by atoms with Crippen molar-refractivity contribution in [2.45, 2.75) is 26.7 Å². The van der Waals surface area contributed by atoms with Crippen LogP contribution in [-0.2, 0) is 22.4 Å². The number of likely N-dealkylation sites (N-methyl/N-ethyl adjacent to an activating group) is 1. The van der Waals surface area contributed by atoms with Gasteiger partial charge in [-0.05, 0) is 6.42 Å². The highest BCUT2D eigenvalue weighted by Gasteiger charge is 2.17. The van der Waals surface area contributed by atoms with Crippen LogP contribution in [0.4, 0.5) is 0 Å². The predicted octanol–water partition coefficient (Wildman–Crippen LogP) is 1.51. The van der Waals surface area contributed by atoms with Crippen molar-refractivity contribution in [2.24, 2.45) is 0 Å². The fourth-order valence-electron chi connectivity index (χ4n) is 1.42. The molecular formula is C12H18N2O3S. The molecule has 0 radical (unpaired) electrons. The van der Waals surface area contributed by atoms with E-state index >= 15 is 0 Å². The van der Waals surface area contributed by atoms with E-state index in [2.05, 4.69) is 4.98 Å². The molecule has 6 heteroatoms. The van der Waals surface area contributed by atoms with Gasteiger partial charge in [0.1, 0.15) is 4.88 Å². The second kappa shape index (κ2) is 6.49. The fourth-order valence-corrected chi connectivity index (χ4v) is 2.48. The molecule has 18 heavy (non-hydrogen) atoms. The van der Waals surface area contributed by atoms with E-state index in [1.807, 2.05) is 6.92 Å². The van der Waals surface area contributed by atoms with Gasteiger partial charge in [0.05, 0.1) is 17.8 Å². The summed E-state index contributed by atoms with van der Waals surface area (Å²) in [5.41, 5.74) is 0.771. The molecule has 100 valence electrons. The average Bonchev–Trinajstić information content (AvgIpc) is 2.77. The molecule has 0 aliphatic heterocycles. The number of rotatable bonds is 5. The van der Waals surface area contributed by atoms with Gasteiger partial charge in [-0.1, -0.05) is 6.92 Å². The molecule has 0 saturated heterocycles. The molecule has 0 aliphatic carbocycles. The molecule has 0 fully saturated rings. The maximum Gasteiger partial charge on any atom is 0.349 e. The zero-order chi connectivity index (χ0) is 13.7. The number of hydrogen-bond acceptors (Lipinski definition) is 5. The number of ether oxygens (including phenoxy) is 1. The maximum atomic E-state index is 11.5. The van der Waals surface area contributed by atoms with Gasteiger partial charge in [0.15, 0.2) is 0 Å². The highest BCUT2D eigenvalue weighted by molar-refractivity contribution is 7.13. The third-order valence-corrected chi connectivity index (χ3v) is 3.78. The van der Waals surface area contributed by atoms with E-state index < -0.39 is 0 Å². The van der Waals surface area contributed by atoms with Crippen molar-refractivity contribution in [3.8, 4) is 0 Å². The van der Waals surface area contributed by atoms with E-state index in [4.69, 9.17) is 4.74 Å². The summed E-state index contributed by atoms with van der Waals surface area (Å²) in [6.45, 7) is 4.08. The molecule has 1 aromatic rings. The topological polar surface area (TPSA) is 59.5 Å². The second-order valence-electron chi connectivity index (χ2n) is 3.92. The summed E-state index contributed by atoms with van der Waals surface area (Å²) in [5.74, 6) is -0.314. The third-order valence-electron chi connectivity index (χ3n) is 2.65. The minimum atomic E-state index is -0.337. The van der Waals surface area contributed by atoms with Crippen molar-refractivity contribution in [2.75, 3.05) is 20.7 Å². The molecule has 0 saturated carbocycles. The first-order valence-electron chi connectivity index (χ1n) is 5.78. The highest BCUT2D eigenvalue weighted by atomic mass is 32.1. The summed E-state index contributed by atoms with van der Waals surface area (Å²) in [6, 6.07) is 0. The zero-order valence-corrected chi connectivity index (χ0v) is 12.0. The van der Waals surface area contributed by atoms with Crippen LogP contribution in [0.5, 0.6) is 0 Å². The Kier molecular flexibility index (Phi) is 5.27. The molecule has 1 rings (SSSR count). The van der Waals surface area contributed by atoms with E-state index in [1.54, 1.807) is 11.9 Å². The van der Waals surface area contributed by atoms with Crippen molar-refractivity contribution in [3.05, 3.63) is 15.6 Å². The van der Waals surface area contributed by atoms with Gasteiger partial charge in [0, 0.05) is 26.9 Å². The predicted molar refractivity (Wildman–Crippen MR) is 69.8 cm³/mol. The molecule has 0 atom stereocenters. The number of hydrogen-bond donors (Lipinski definition) is 0. The van der Waals surface area contributed by atoms with Crippen LogP contribution < -0.4 is 0 Å². The molecule has 0 aromatic carbocycles. The monoisotopic (exact) mass is 270 g/mol. The molecule has 0 spiro atoms. The van der Waals surface area contributed by atoms with Crippen molar-refractivity contribution in [3.63, 3.8) is 0 Å². The van der Waals surface area contributed by atoms with Gasteiger partial charge in [0.25, 0.3) is 0 Å². The Morgan fingerprint density at radius 2 is 2.11 bits per heavy atom. The van der Waals surface area contributed by atoms with Crippen LogP contribution in [0, 0.1) is 0 Å². The molecule has 0 aliphatic rings. The van der Waals surface area contributed by atoms with Crippen LogP contribution in [0.2, 0.25) is 0 Å². The van der Waals surface area contributed by atoms with Gasteiger partial charge < -0.3 is 9.64 Å². The number of aryl methyl sites for hydroxylation is 1. The number of esters is 1. The number of nitrogens with zero attached hydrogens (tertiary/aromatic N) is 2. The number of thiazole rings is 1. The van der Waals surface area contributed by atoms with E-state index in [-0.39, 0.29) is 11.9 Å². The summed E-state index contributed by atoms with van der Waals surface area (Å²) in [6.07, 6.45) is 1.36. The minimum Gasteiger partial charge on any atom is -0.465 e. The number of carbonyl (C=O) groups excluding carboxylic acids is 2. The van der Waals surface area contributed by atoms with Crippen molar-refractivity contribution < 1.29 is 14.3 Å². The molecule has 1 heterocycles. The minimum absolute atomic E-state index is 0.0236. The zero-order valence-electron chi connectivity index (χ0n) is 11.1. The standard InChI is InChI=1S/C12H18N2O3S/c1-5-9-11(12(16)17-4)18-10(13-9)6-7-14(3)8(2)15/h5-7H2,1-4H3. The Hall–Kier alpha value is -1.43. The van der Waals surface area contributed by atoms with Crippen LogP contribution in [0.3, 0.4) is 0 Å². The summed E-state index contributed by atoms with van der Waals surface area (Å²) in [4.78, 5) is 29.2. The Bertz CT molecular complexity index is 443. The van der Waals surface area contributed by atoms with E-state index in [1.165, 1.54) is 25.4 Å². The Morgan fingerprint density at radius 3 is 2.61 bits per heavy atom. The van der Waals surface area contributed by atoms with E-state index in [0.29, 0.717) is 24.3 Å². The van der Waals surface area contributed by atoms with Crippen molar-refractivity contribution in [1.29, 1.82) is 0 Å². The Labute approximate surface area is 111 Å². The lowest BCUT2D eigenvalue weighted by Crippen LogP contribution is -2.26. The molecule has 0 bridgehead atoms. The van der Waals surface area contributed by atoms with Gasteiger partial charge in [-0.3, -0.25) is 4.79 Å². The molecule has 0 unspecified atom stereocenters. The van der Waals surface area contributed by atoms with E-state index in [9.17, 15) is 9.59 Å². The largest absolute Gasteiger partial charge is 0.465 e. The SMILES string of the molecule is CCc1nc(CCN(C)C(C)=O)sc1C(=O)OC. The lowest BCUT2D eigenvalue weighted by Gasteiger charge is -2.12. The number of methoxy groups -OCH3 is 1. The molecule has 1 aromatic heterocycles. The van der Waals surface area contributed by atoms with Crippen LogP contribution in [0.1, 0.15) is 34.2 Å². The first kappa shape index (κ1) is 14.6. The van der Waals surface area contributed by atoms with Gasteiger partial charge in [-0.2, -0.15) is 0 Å². The molecular weight excluding hydrogens is 252 g/mol. The van der Waals surface area contributed by atoms with Gasteiger partial charge in [0.2, 0.25) is 5.91 Å². The van der Waals surface area contributed by atoms with Crippen molar-refractivity contribution in [1.82, 2.24) is 9.88 Å². The first-order valence-corrected chi connectivity index (χ1v) is 6.59. The number of aromatic nitrogens is 1. The van der Waals surface area contributed by atoms with Crippen LogP contribution in [0.15, 0.2) is 0 Å². The maximum absolute atomic E-state index is 11.5. The quantitative estimate of drug-likeness (QED) is 0.761. The van der Waals surface area contributed by atoms with Crippen LogP contribution >= 0.6 is 11.3 Å². The number of amides is 1. The molecule has 0 N–H and O–H groups in total. The van der Waals surface area contributed by atoms with Gasteiger partial charge in [-0.25, -0.2) is 9.78 Å². The van der Waals surface area contributed by atoms with Crippen LogP contribution in [0.25, 0.3) is 0 Å². The molecule has 1 amide bonds. The van der Waals surface area contributed by atoms with Crippen molar-refractivity contribution >= 4 is 23.2 Å². The molecule has 5 nitrogen and oxygen atoms in total. The van der Waals surface area contributed by atoms with E-state index in [0.717, 1.165) is 10.7 Å². The smallest absolute Gasteiger partial charge is 0.349 e. The highest BCUT2D eigenvalue weighted by Crippen LogP contribution is 2.20. The lowest BCUT2D eigenvalue weighted by molar-refractivity contribution is -0.127. The third kappa shape index (κ3) is 3.53. The van der Waals surface area contributed by atoms with Gasteiger partial charge >= 0.3 is 5.97 Å². The average molecular weight is 270 g/mol. The normalized spacial score (nSPS) is 10.2. The van der Waals surface area contributed by atoms with Gasteiger partial charge in [-0.15, -0.1) is 11.3 Å². The summed E-state index contributed by atoms with van der Waals surface area (Å²) in [5, 5.41) is 0.861. The summed E-state index contributed by atoms with van der Waals surface area (Å²) < 4.78 is 4.72. The second-order valence-corrected chi connectivity index (χ2v) is 5.00. The lowest BCUT2D eigenvalue weighted by atomic mass is 10.3. The first-order chi connectivity index (χ1) is 8.49. The summed E-state index contributed by atoms with van der Waals surface area (Å²) >= 11 is 1.35. The Morgan fingerprint density at radius 1 is 1.44 bits per heavy atom. The van der Waals surface area contributed by atoms with Crippen LogP contribution in [-0.4, -0.2) is 42.5 Å².